The van der Waals surface area contributed by atoms with Gasteiger partial charge in [-0.2, -0.15) is 0 Å². The maximum absolute atomic E-state index is 12.5. The summed E-state index contributed by atoms with van der Waals surface area (Å²) in [6, 6.07) is 5.09. The summed E-state index contributed by atoms with van der Waals surface area (Å²) in [5, 5.41) is 0. The molecule has 2 bridgehead atoms. The number of ketones is 1. The molecular weight excluding hydrogens is 224 g/mol. The van der Waals surface area contributed by atoms with E-state index in [4.69, 9.17) is 0 Å². The number of carbonyl (C=O) groups excluding carboxylic acids is 1. The molecule has 2 fully saturated rings. The van der Waals surface area contributed by atoms with E-state index in [2.05, 4.69) is 16.9 Å². The van der Waals surface area contributed by atoms with Gasteiger partial charge in [0.1, 0.15) is 5.69 Å². The van der Waals surface area contributed by atoms with Crippen LogP contribution in [0, 0.1) is 12.8 Å². The van der Waals surface area contributed by atoms with Crippen molar-refractivity contribution in [3.05, 3.63) is 29.6 Å². The topological polar surface area (TPSA) is 33.2 Å². The average molecular weight is 244 g/mol. The molecule has 3 rings (SSSR count). The summed E-state index contributed by atoms with van der Waals surface area (Å²) in [5.74, 6) is 0.441. The van der Waals surface area contributed by atoms with Crippen LogP contribution < -0.4 is 0 Å². The van der Waals surface area contributed by atoms with Crippen molar-refractivity contribution in [2.24, 2.45) is 5.92 Å². The summed E-state index contributed by atoms with van der Waals surface area (Å²) < 4.78 is 0. The second kappa shape index (κ2) is 4.47. The summed E-state index contributed by atoms with van der Waals surface area (Å²) >= 11 is 0. The van der Waals surface area contributed by atoms with Crippen molar-refractivity contribution in [1.82, 2.24) is 9.88 Å². The van der Waals surface area contributed by atoms with Crippen molar-refractivity contribution in [3.8, 4) is 0 Å². The number of hydrogen-bond acceptors (Lipinski definition) is 3. The SMILES string of the molecule is Cc1ccnc(C(=O)C2CC3CCC(C2)N3C)c1. The molecule has 2 unspecified atom stereocenters. The quantitative estimate of drug-likeness (QED) is 0.749. The van der Waals surface area contributed by atoms with Gasteiger partial charge in [0.05, 0.1) is 0 Å². The van der Waals surface area contributed by atoms with Crippen molar-refractivity contribution in [2.45, 2.75) is 44.7 Å². The van der Waals surface area contributed by atoms with Gasteiger partial charge >= 0.3 is 0 Å². The maximum atomic E-state index is 12.5. The lowest BCUT2D eigenvalue weighted by atomic mass is 9.86. The van der Waals surface area contributed by atoms with E-state index < -0.39 is 0 Å². The van der Waals surface area contributed by atoms with Crippen LogP contribution >= 0.6 is 0 Å². The largest absolute Gasteiger partial charge is 0.300 e. The van der Waals surface area contributed by atoms with Crippen LogP contribution in [0.15, 0.2) is 18.3 Å². The zero-order chi connectivity index (χ0) is 12.7. The molecule has 2 saturated heterocycles. The molecule has 1 aromatic heterocycles. The standard InChI is InChI=1S/C15H20N2O/c1-10-5-6-16-14(7-10)15(18)11-8-12-3-4-13(9-11)17(12)2/h5-7,11-13H,3-4,8-9H2,1-2H3. The monoisotopic (exact) mass is 244 g/mol. The van der Waals surface area contributed by atoms with Crippen molar-refractivity contribution < 1.29 is 4.79 Å². The number of Topliss-reactive ketones (excluding diaryl/α,β-unsaturated/α-hetero) is 1. The van der Waals surface area contributed by atoms with Gasteiger partial charge in [0.2, 0.25) is 0 Å². The highest BCUT2D eigenvalue weighted by atomic mass is 16.1. The highest BCUT2D eigenvalue weighted by Gasteiger charge is 2.41. The van der Waals surface area contributed by atoms with Crippen LogP contribution in [0.3, 0.4) is 0 Å². The minimum atomic E-state index is 0.188. The number of rotatable bonds is 2. The van der Waals surface area contributed by atoms with Crippen molar-refractivity contribution in [1.29, 1.82) is 0 Å². The van der Waals surface area contributed by atoms with Crippen molar-refractivity contribution in [3.63, 3.8) is 0 Å². The average Bonchev–Trinajstić information content (AvgIpc) is 2.61. The summed E-state index contributed by atoms with van der Waals surface area (Å²) in [7, 11) is 2.20. The second-order valence-electron chi connectivity index (χ2n) is 5.80. The van der Waals surface area contributed by atoms with Crippen LogP contribution in [0.1, 0.15) is 41.7 Å². The number of fused-ring (bicyclic) bond motifs is 2. The van der Waals surface area contributed by atoms with E-state index in [1.165, 1.54) is 12.8 Å². The fourth-order valence-electron chi connectivity index (χ4n) is 3.51. The maximum Gasteiger partial charge on any atom is 0.184 e. The Kier molecular flexibility index (Phi) is 2.94. The number of piperidine rings is 1. The number of pyridine rings is 1. The number of nitrogens with zero attached hydrogens (tertiary/aromatic N) is 2. The number of aryl methyl sites for hydroxylation is 1. The predicted molar refractivity (Wildman–Crippen MR) is 70.6 cm³/mol. The van der Waals surface area contributed by atoms with E-state index in [0.29, 0.717) is 17.8 Å². The number of carbonyl (C=O) groups is 1. The summed E-state index contributed by atoms with van der Waals surface area (Å²) in [4.78, 5) is 19.2. The van der Waals surface area contributed by atoms with Gasteiger partial charge in [0.15, 0.2) is 5.78 Å². The Morgan fingerprint density at radius 2 is 2.00 bits per heavy atom. The Bertz CT molecular complexity index is 457. The van der Waals surface area contributed by atoms with E-state index in [9.17, 15) is 4.79 Å². The number of aromatic nitrogens is 1. The minimum Gasteiger partial charge on any atom is -0.300 e. The molecule has 2 aliphatic heterocycles. The zero-order valence-electron chi connectivity index (χ0n) is 11.1. The molecule has 0 N–H and O–H groups in total. The van der Waals surface area contributed by atoms with E-state index in [-0.39, 0.29) is 11.7 Å². The Balaban J connectivity index is 1.78. The van der Waals surface area contributed by atoms with Crippen LogP contribution in [0.2, 0.25) is 0 Å². The molecule has 0 amide bonds. The molecule has 96 valence electrons. The third kappa shape index (κ3) is 1.97. The molecule has 18 heavy (non-hydrogen) atoms. The molecule has 0 spiro atoms. The van der Waals surface area contributed by atoms with Crippen LogP contribution in [-0.2, 0) is 0 Å². The molecule has 0 aliphatic carbocycles. The lowest BCUT2D eigenvalue weighted by Crippen LogP contribution is -2.42. The third-order valence-corrected chi connectivity index (χ3v) is 4.64. The minimum absolute atomic E-state index is 0.188. The lowest BCUT2D eigenvalue weighted by molar-refractivity contribution is 0.0762. The predicted octanol–water partition coefficient (Wildman–Crippen LogP) is 2.45. The van der Waals surface area contributed by atoms with E-state index in [1.54, 1.807) is 6.20 Å². The Morgan fingerprint density at radius 3 is 2.61 bits per heavy atom. The van der Waals surface area contributed by atoms with Gasteiger partial charge in [-0.1, -0.05) is 0 Å². The van der Waals surface area contributed by atoms with Crippen molar-refractivity contribution in [2.75, 3.05) is 7.05 Å². The first-order valence-electron chi connectivity index (χ1n) is 6.84. The first-order chi connectivity index (χ1) is 8.65. The third-order valence-electron chi connectivity index (χ3n) is 4.64. The molecular formula is C15H20N2O. The molecule has 0 aromatic carbocycles. The Hall–Kier alpha value is -1.22. The fourth-order valence-corrected chi connectivity index (χ4v) is 3.51. The van der Waals surface area contributed by atoms with Crippen molar-refractivity contribution >= 4 is 5.78 Å². The van der Waals surface area contributed by atoms with Gasteiger partial charge in [-0.25, -0.2) is 0 Å². The van der Waals surface area contributed by atoms with E-state index in [1.807, 2.05) is 19.1 Å². The fraction of sp³-hybridized carbons (Fsp3) is 0.600. The van der Waals surface area contributed by atoms with Gasteiger partial charge in [0, 0.05) is 24.2 Å². The van der Waals surface area contributed by atoms with Gasteiger partial charge in [-0.15, -0.1) is 0 Å². The van der Waals surface area contributed by atoms with Gasteiger partial charge < -0.3 is 4.90 Å². The Labute approximate surface area is 108 Å². The molecule has 0 saturated carbocycles. The van der Waals surface area contributed by atoms with Gasteiger partial charge in [-0.05, 0) is 57.4 Å². The van der Waals surface area contributed by atoms with E-state index in [0.717, 1.165) is 18.4 Å². The molecule has 3 heteroatoms. The van der Waals surface area contributed by atoms with Gasteiger partial charge in [0.25, 0.3) is 0 Å². The molecule has 2 aliphatic rings. The summed E-state index contributed by atoms with van der Waals surface area (Å²) in [6.45, 7) is 2.01. The number of hydrogen-bond donors (Lipinski definition) is 0. The first kappa shape index (κ1) is 11.8. The smallest absolute Gasteiger partial charge is 0.184 e. The van der Waals surface area contributed by atoms with Crippen LogP contribution in [-0.4, -0.2) is 34.8 Å². The second-order valence-corrected chi connectivity index (χ2v) is 5.80. The molecule has 0 radical (unpaired) electrons. The highest BCUT2D eigenvalue weighted by molar-refractivity contribution is 5.96. The molecule has 3 heterocycles. The molecule has 1 aromatic rings. The zero-order valence-corrected chi connectivity index (χ0v) is 11.1. The normalized spacial score (nSPS) is 31.6. The summed E-state index contributed by atoms with van der Waals surface area (Å²) in [6.07, 6.45) is 6.29. The molecule has 3 nitrogen and oxygen atoms in total. The van der Waals surface area contributed by atoms with E-state index >= 15 is 0 Å². The first-order valence-corrected chi connectivity index (χ1v) is 6.84. The summed E-state index contributed by atoms with van der Waals surface area (Å²) in [5.41, 5.74) is 1.77. The van der Waals surface area contributed by atoms with Crippen LogP contribution in [0.25, 0.3) is 0 Å². The lowest BCUT2D eigenvalue weighted by Gasteiger charge is -2.35. The molecule has 2 atom stereocenters. The van der Waals surface area contributed by atoms with Gasteiger partial charge in [-0.3, -0.25) is 9.78 Å². The Morgan fingerprint density at radius 1 is 1.33 bits per heavy atom. The van der Waals surface area contributed by atoms with Crippen LogP contribution in [0.4, 0.5) is 0 Å². The van der Waals surface area contributed by atoms with Crippen LogP contribution in [0.5, 0.6) is 0 Å². The highest BCUT2D eigenvalue weighted by Crippen LogP contribution is 2.38.